The minimum absolute atomic E-state index is 0.513. The lowest BCUT2D eigenvalue weighted by molar-refractivity contribution is 0.112. The number of aryl methyl sites for hydroxylation is 3. The highest BCUT2D eigenvalue weighted by Gasteiger charge is 2.13. The summed E-state index contributed by atoms with van der Waals surface area (Å²) in [6, 6.07) is 14.0. The van der Waals surface area contributed by atoms with E-state index in [1.807, 2.05) is 28.8 Å². The standard InChI is InChI=1S/C22H20ClNO/c1-16-9-8-10-17(2)18(16)11-4-3-7-14-24-21-13-6-5-12-19(21)20(15-25)22(24)23/h5-6,8-10,12-13,15H,3,7,14H2,1-2H3. The summed E-state index contributed by atoms with van der Waals surface area (Å²) in [6.45, 7) is 4.92. The average Bonchev–Trinajstić information content (AvgIpc) is 2.88. The summed E-state index contributed by atoms with van der Waals surface area (Å²) < 4.78 is 2.00. The molecule has 0 saturated heterocycles. The van der Waals surface area contributed by atoms with Crippen molar-refractivity contribution in [3.8, 4) is 11.8 Å². The van der Waals surface area contributed by atoms with Gasteiger partial charge in [0.1, 0.15) is 5.15 Å². The number of unbranched alkanes of at least 4 members (excludes halogenated alkanes) is 1. The molecular formula is C22H20ClNO. The van der Waals surface area contributed by atoms with Crippen LogP contribution in [0.3, 0.4) is 0 Å². The van der Waals surface area contributed by atoms with Gasteiger partial charge in [0.25, 0.3) is 0 Å². The number of carbonyl (C=O) groups is 1. The van der Waals surface area contributed by atoms with Crippen LogP contribution in [0.25, 0.3) is 10.9 Å². The van der Waals surface area contributed by atoms with E-state index in [2.05, 4.69) is 43.9 Å². The lowest BCUT2D eigenvalue weighted by Gasteiger charge is -2.05. The van der Waals surface area contributed by atoms with Crippen molar-refractivity contribution in [3.63, 3.8) is 0 Å². The van der Waals surface area contributed by atoms with Crippen molar-refractivity contribution in [1.29, 1.82) is 0 Å². The molecule has 1 aromatic heterocycles. The van der Waals surface area contributed by atoms with Crippen LogP contribution in [-0.4, -0.2) is 10.9 Å². The zero-order chi connectivity index (χ0) is 17.8. The monoisotopic (exact) mass is 349 g/mol. The largest absolute Gasteiger partial charge is 0.331 e. The zero-order valence-corrected chi connectivity index (χ0v) is 15.2. The Hall–Kier alpha value is -2.50. The molecule has 0 aliphatic heterocycles. The van der Waals surface area contributed by atoms with Gasteiger partial charge in [0.05, 0.1) is 5.56 Å². The van der Waals surface area contributed by atoms with Crippen molar-refractivity contribution in [1.82, 2.24) is 4.57 Å². The Kier molecular flexibility index (Phi) is 5.26. The molecule has 2 aromatic carbocycles. The number of hydrogen-bond donors (Lipinski definition) is 0. The Morgan fingerprint density at radius 3 is 2.52 bits per heavy atom. The molecule has 2 nitrogen and oxygen atoms in total. The van der Waals surface area contributed by atoms with Gasteiger partial charge in [0, 0.05) is 29.4 Å². The third-order valence-corrected chi connectivity index (χ3v) is 4.85. The number of benzene rings is 2. The predicted molar refractivity (Wildman–Crippen MR) is 104 cm³/mol. The van der Waals surface area contributed by atoms with Gasteiger partial charge < -0.3 is 4.57 Å². The second kappa shape index (κ2) is 7.59. The van der Waals surface area contributed by atoms with Crippen LogP contribution in [-0.2, 0) is 6.54 Å². The minimum Gasteiger partial charge on any atom is -0.331 e. The number of fused-ring (bicyclic) bond motifs is 1. The fourth-order valence-electron chi connectivity index (χ4n) is 3.12. The summed E-state index contributed by atoms with van der Waals surface area (Å²) in [5.74, 6) is 6.55. The van der Waals surface area contributed by atoms with Gasteiger partial charge in [-0.1, -0.05) is 59.8 Å². The second-order valence-corrected chi connectivity index (χ2v) is 6.52. The lowest BCUT2D eigenvalue weighted by Crippen LogP contribution is -1.98. The highest BCUT2D eigenvalue weighted by molar-refractivity contribution is 6.34. The fourth-order valence-corrected chi connectivity index (χ4v) is 3.44. The normalized spacial score (nSPS) is 10.5. The van der Waals surface area contributed by atoms with Crippen LogP contribution in [0.15, 0.2) is 42.5 Å². The van der Waals surface area contributed by atoms with Crippen LogP contribution in [0, 0.1) is 25.7 Å². The van der Waals surface area contributed by atoms with Gasteiger partial charge in [-0.2, -0.15) is 0 Å². The van der Waals surface area contributed by atoms with Crippen molar-refractivity contribution in [2.45, 2.75) is 33.2 Å². The second-order valence-electron chi connectivity index (χ2n) is 6.16. The maximum absolute atomic E-state index is 11.3. The number of rotatable bonds is 4. The van der Waals surface area contributed by atoms with Crippen LogP contribution >= 0.6 is 11.6 Å². The maximum Gasteiger partial charge on any atom is 0.153 e. The Bertz CT molecular complexity index is 968. The van der Waals surface area contributed by atoms with E-state index in [1.54, 1.807) is 0 Å². The van der Waals surface area contributed by atoms with Crippen LogP contribution in [0.5, 0.6) is 0 Å². The Labute approximate surface area is 153 Å². The van der Waals surface area contributed by atoms with Crippen molar-refractivity contribution in [2.24, 2.45) is 0 Å². The van der Waals surface area contributed by atoms with Gasteiger partial charge in [-0.25, -0.2) is 0 Å². The molecule has 3 rings (SSSR count). The number of carbonyl (C=O) groups excluding carboxylic acids is 1. The molecule has 0 atom stereocenters. The van der Waals surface area contributed by atoms with E-state index < -0.39 is 0 Å². The number of halogens is 1. The zero-order valence-electron chi connectivity index (χ0n) is 14.5. The molecule has 0 saturated carbocycles. The van der Waals surface area contributed by atoms with Crippen molar-refractivity contribution >= 4 is 28.8 Å². The van der Waals surface area contributed by atoms with E-state index in [9.17, 15) is 4.79 Å². The number of nitrogens with zero attached hydrogens (tertiary/aromatic N) is 1. The SMILES string of the molecule is Cc1cccc(C)c1C#CCCCn1c(Cl)c(C=O)c2ccccc21. The van der Waals surface area contributed by atoms with E-state index in [1.165, 1.54) is 11.1 Å². The molecule has 126 valence electrons. The summed E-state index contributed by atoms with van der Waals surface area (Å²) in [5, 5.41) is 1.42. The maximum atomic E-state index is 11.3. The summed E-state index contributed by atoms with van der Waals surface area (Å²) >= 11 is 6.40. The molecule has 1 heterocycles. The van der Waals surface area contributed by atoms with Gasteiger partial charge in [0.15, 0.2) is 6.29 Å². The molecule has 0 fully saturated rings. The first kappa shape index (κ1) is 17.3. The van der Waals surface area contributed by atoms with Crippen molar-refractivity contribution < 1.29 is 4.79 Å². The Balaban J connectivity index is 1.74. The number of para-hydroxylation sites is 1. The molecule has 0 aliphatic carbocycles. The van der Waals surface area contributed by atoms with Crippen molar-refractivity contribution in [3.05, 3.63) is 69.9 Å². The first-order chi connectivity index (χ1) is 12.1. The van der Waals surface area contributed by atoms with Crippen LogP contribution < -0.4 is 0 Å². The van der Waals surface area contributed by atoms with E-state index >= 15 is 0 Å². The highest BCUT2D eigenvalue weighted by atomic mass is 35.5. The molecule has 0 unspecified atom stereocenters. The average molecular weight is 350 g/mol. The van der Waals surface area contributed by atoms with Crippen LogP contribution in [0.1, 0.15) is 39.9 Å². The number of aldehydes is 1. The third kappa shape index (κ3) is 3.48. The van der Waals surface area contributed by atoms with E-state index in [4.69, 9.17) is 11.6 Å². The van der Waals surface area contributed by atoms with E-state index in [-0.39, 0.29) is 0 Å². The minimum atomic E-state index is 0.513. The smallest absolute Gasteiger partial charge is 0.153 e. The van der Waals surface area contributed by atoms with Gasteiger partial charge in [-0.15, -0.1) is 0 Å². The Morgan fingerprint density at radius 2 is 1.80 bits per heavy atom. The first-order valence-corrected chi connectivity index (χ1v) is 8.78. The van der Waals surface area contributed by atoms with E-state index in [0.717, 1.165) is 42.1 Å². The molecule has 0 amide bonds. The molecule has 0 bridgehead atoms. The quantitative estimate of drug-likeness (QED) is 0.343. The molecule has 0 aliphatic rings. The number of aromatic nitrogens is 1. The summed E-state index contributed by atoms with van der Waals surface area (Å²) in [6.07, 6.45) is 2.50. The molecular weight excluding hydrogens is 330 g/mol. The molecule has 25 heavy (non-hydrogen) atoms. The molecule has 0 spiro atoms. The Morgan fingerprint density at radius 1 is 1.08 bits per heavy atom. The third-order valence-electron chi connectivity index (χ3n) is 4.44. The van der Waals surface area contributed by atoms with Crippen molar-refractivity contribution in [2.75, 3.05) is 0 Å². The first-order valence-electron chi connectivity index (χ1n) is 8.40. The predicted octanol–water partition coefficient (Wildman–Crippen LogP) is 5.56. The molecule has 0 N–H and O–H groups in total. The summed E-state index contributed by atoms with van der Waals surface area (Å²) in [5.41, 5.74) is 5.11. The van der Waals surface area contributed by atoms with Gasteiger partial charge in [-0.05, 0) is 37.5 Å². The summed E-state index contributed by atoms with van der Waals surface area (Å²) in [7, 11) is 0. The van der Waals surface area contributed by atoms with Gasteiger partial charge in [-0.3, -0.25) is 4.79 Å². The van der Waals surface area contributed by atoms with Crippen LogP contribution in [0.2, 0.25) is 5.15 Å². The fraction of sp³-hybridized carbons (Fsp3) is 0.227. The highest BCUT2D eigenvalue weighted by Crippen LogP contribution is 2.29. The topological polar surface area (TPSA) is 22.0 Å². The molecule has 3 aromatic rings. The van der Waals surface area contributed by atoms with E-state index in [0.29, 0.717) is 10.7 Å². The molecule has 3 heteroatoms. The molecule has 0 radical (unpaired) electrons. The van der Waals surface area contributed by atoms with Gasteiger partial charge >= 0.3 is 0 Å². The van der Waals surface area contributed by atoms with Crippen LogP contribution in [0.4, 0.5) is 0 Å². The lowest BCUT2D eigenvalue weighted by atomic mass is 10.0. The summed E-state index contributed by atoms with van der Waals surface area (Å²) in [4.78, 5) is 11.3. The van der Waals surface area contributed by atoms with Gasteiger partial charge in [0.2, 0.25) is 0 Å². The number of hydrogen-bond acceptors (Lipinski definition) is 1.